The van der Waals surface area contributed by atoms with E-state index in [9.17, 15) is 0 Å². The van der Waals surface area contributed by atoms with Gasteiger partial charge < -0.3 is 19.8 Å². The Morgan fingerprint density at radius 1 is 1.15 bits per heavy atom. The van der Waals surface area contributed by atoms with Crippen molar-refractivity contribution in [1.29, 1.82) is 0 Å². The summed E-state index contributed by atoms with van der Waals surface area (Å²) in [5.74, 6) is 2.93. The van der Waals surface area contributed by atoms with Crippen LogP contribution in [0.3, 0.4) is 0 Å². The molecule has 0 amide bonds. The monoisotopic (exact) mass is 275 g/mol. The van der Waals surface area contributed by atoms with Gasteiger partial charge in [-0.3, -0.25) is 0 Å². The molecule has 1 heterocycles. The largest absolute Gasteiger partial charge is 0.493 e. The van der Waals surface area contributed by atoms with Crippen LogP contribution >= 0.6 is 0 Å². The molecule has 2 aromatic rings. The summed E-state index contributed by atoms with van der Waals surface area (Å²) in [5, 5.41) is 0. The van der Waals surface area contributed by atoms with Crippen molar-refractivity contribution in [3.8, 4) is 22.8 Å². The Morgan fingerprint density at radius 3 is 2.30 bits per heavy atom. The molecule has 0 aliphatic rings. The Bertz CT molecular complexity index is 618. The number of hydrogen-bond acceptors (Lipinski definition) is 4. The van der Waals surface area contributed by atoms with Gasteiger partial charge in [-0.25, -0.2) is 4.98 Å². The maximum absolute atomic E-state index is 6.23. The number of anilines is 1. The van der Waals surface area contributed by atoms with Gasteiger partial charge in [-0.15, -0.1) is 0 Å². The number of nitrogens with zero attached hydrogens (tertiary/aromatic N) is 2. The Kier molecular flexibility index (Phi) is 3.88. The van der Waals surface area contributed by atoms with E-state index in [-0.39, 0.29) is 6.04 Å². The van der Waals surface area contributed by atoms with Crippen LogP contribution in [-0.2, 0) is 0 Å². The zero-order valence-corrected chi connectivity index (χ0v) is 12.6. The third-order valence-corrected chi connectivity index (χ3v) is 3.30. The van der Waals surface area contributed by atoms with Crippen LogP contribution in [0.25, 0.3) is 11.3 Å². The highest BCUT2D eigenvalue weighted by atomic mass is 16.5. The molecule has 0 fully saturated rings. The molecule has 0 saturated carbocycles. The number of imidazole rings is 1. The van der Waals surface area contributed by atoms with Gasteiger partial charge >= 0.3 is 0 Å². The van der Waals surface area contributed by atoms with E-state index < -0.39 is 0 Å². The molecule has 0 aliphatic carbocycles. The lowest BCUT2D eigenvalue weighted by atomic mass is 10.1. The van der Waals surface area contributed by atoms with Crippen molar-refractivity contribution in [2.45, 2.75) is 26.8 Å². The lowest BCUT2D eigenvalue weighted by Crippen LogP contribution is -2.07. The number of ether oxygens (including phenoxy) is 2. The third kappa shape index (κ3) is 2.31. The van der Waals surface area contributed by atoms with Crippen molar-refractivity contribution in [2.24, 2.45) is 0 Å². The first-order chi connectivity index (χ1) is 9.49. The topological polar surface area (TPSA) is 62.3 Å². The standard InChI is InChI=1S/C15H21N3O2/c1-9(2)18-10(3)17-14(15(18)16)11-6-7-12(19-4)13(8-11)20-5/h6-9H,16H2,1-5H3. The van der Waals surface area contributed by atoms with Crippen LogP contribution in [0, 0.1) is 6.92 Å². The van der Waals surface area contributed by atoms with Crippen molar-refractivity contribution in [1.82, 2.24) is 9.55 Å². The maximum Gasteiger partial charge on any atom is 0.161 e. The van der Waals surface area contributed by atoms with Crippen molar-refractivity contribution in [3.63, 3.8) is 0 Å². The SMILES string of the molecule is COc1ccc(-c2nc(C)n(C(C)C)c2N)cc1OC. The number of methoxy groups -OCH3 is 2. The van der Waals surface area contributed by atoms with Gasteiger partial charge in [0, 0.05) is 11.6 Å². The molecular formula is C15H21N3O2. The second kappa shape index (κ2) is 5.45. The minimum absolute atomic E-state index is 0.274. The first-order valence-corrected chi connectivity index (χ1v) is 6.56. The van der Waals surface area contributed by atoms with Crippen LogP contribution in [0.5, 0.6) is 11.5 Å². The Hall–Kier alpha value is -2.17. The fraction of sp³-hybridized carbons (Fsp3) is 0.400. The molecule has 2 N–H and O–H groups in total. The third-order valence-electron chi connectivity index (χ3n) is 3.30. The smallest absolute Gasteiger partial charge is 0.161 e. The van der Waals surface area contributed by atoms with E-state index in [0.717, 1.165) is 17.1 Å². The van der Waals surface area contributed by atoms with E-state index in [1.807, 2.05) is 29.7 Å². The van der Waals surface area contributed by atoms with E-state index in [2.05, 4.69) is 18.8 Å². The molecule has 0 unspecified atom stereocenters. The van der Waals surface area contributed by atoms with Crippen LogP contribution in [-0.4, -0.2) is 23.8 Å². The molecule has 1 aromatic heterocycles. The number of benzene rings is 1. The van der Waals surface area contributed by atoms with Crippen molar-refractivity contribution in [2.75, 3.05) is 20.0 Å². The van der Waals surface area contributed by atoms with Crippen LogP contribution < -0.4 is 15.2 Å². The first-order valence-electron chi connectivity index (χ1n) is 6.56. The highest BCUT2D eigenvalue weighted by molar-refractivity contribution is 5.73. The molecule has 0 atom stereocenters. The van der Waals surface area contributed by atoms with Crippen LogP contribution in [0.2, 0.25) is 0 Å². The maximum atomic E-state index is 6.23. The van der Waals surface area contributed by atoms with E-state index in [4.69, 9.17) is 15.2 Å². The van der Waals surface area contributed by atoms with E-state index in [0.29, 0.717) is 17.3 Å². The minimum atomic E-state index is 0.274. The van der Waals surface area contributed by atoms with Crippen molar-refractivity contribution in [3.05, 3.63) is 24.0 Å². The van der Waals surface area contributed by atoms with Gasteiger partial charge in [0.2, 0.25) is 0 Å². The second-order valence-electron chi connectivity index (χ2n) is 4.93. The number of hydrogen-bond donors (Lipinski definition) is 1. The average Bonchev–Trinajstić information content (AvgIpc) is 2.73. The molecule has 0 spiro atoms. The van der Waals surface area contributed by atoms with Crippen molar-refractivity contribution >= 4 is 5.82 Å². The molecule has 108 valence electrons. The fourth-order valence-electron chi connectivity index (χ4n) is 2.41. The fourth-order valence-corrected chi connectivity index (χ4v) is 2.41. The van der Waals surface area contributed by atoms with E-state index in [1.54, 1.807) is 14.2 Å². The van der Waals surface area contributed by atoms with Crippen molar-refractivity contribution < 1.29 is 9.47 Å². The summed E-state index contributed by atoms with van der Waals surface area (Å²) in [4.78, 5) is 4.57. The number of rotatable bonds is 4. The Labute approximate surface area is 119 Å². The quantitative estimate of drug-likeness (QED) is 0.931. The zero-order chi connectivity index (χ0) is 14.9. The van der Waals surface area contributed by atoms with E-state index >= 15 is 0 Å². The highest BCUT2D eigenvalue weighted by Gasteiger charge is 2.17. The molecule has 5 nitrogen and oxygen atoms in total. The average molecular weight is 275 g/mol. The molecule has 1 aromatic carbocycles. The van der Waals surface area contributed by atoms with Gasteiger partial charge in [0.05, 0.1) is 14.2 Å². The van der Waals surface area contributed by atoms with Crippen LogP contribution in [0.4, 0.5) is 5.82 Å². The molecule has 5 heteroatoms. The van der Waals surface area contributed by atoms with E-state index in [1.165, 1.54) is 0 Å². The summed E-state index contributed by atoms with van der Waals surface area (Å²) < 4.78 is 12.6. The molecule has 2 rings (SSSR count). The van der Waals surface area contributed by atoms with Gasteiger partial charge in [-0.05, 0) is 39.0 Å². The number of nitrogens with two attached hydrogens (primary N) is 1. The summed E-state index contributed by atoms with van der Waals surface area (Å²) in [5.41, 5.74) is 7.92. The first kappa shape index (κ1) is 14.2. The summed E-state index contributed by atoms with van der Waals surface area (Å²) in [7, 11) is 3.23. The van der Waals surface area contributed by atoms with Gasteiger partial charge in [0.1, 0.15) is 17.3 Å². The summed E-state index contributed by atoms with van der Waals surface area (Å²) in [6, 6.07) is 5.96. The molecular weight excluding hydrogens is 254 g/mol. The molecule has 20 heavy (non-hydrogen) atoms. The Morgan fingerprint density at radius 2 is 1.80 bits per heavy atom. The molecule has 0 radical (unpaired) electrons. The summed E-state index contributed by atoms with van der Waals surface area (Å²) >= 11 is 0. The van der Waals surface area contributed by atoms with Gasteiger partial charge in [-0.2, -0.15) is 0 Å². The van der Waals surface area contributed by atoms with Gasteiger partial charge in [-0.1, -0.05) is 0 Å². The number of nitrogen functional groups attached to an aromatic ring is 1. The predicted molar refractivity (Wildman–Crippen MR) is 80.3 cm³/mol. The molecule has 0 aliphatic heterocycles. The number of aryl methyl sites for hydroxylation is 1. The predicted octanol–water partition coefficient (Wildman–Crippen LogP) is 3.04. The lowest BCUT2D eigenvalue weighted by molar-refractivity contribution is 0.355. The second-order valence-corrected chi connectivity index (χ2v) is 4.93. The van der Waals surface area contributed by atoms with Crippen LogP contribution in [0.15, 0.2) is 18.2 Å². The molecule has 0 bridgehead atoms. The van der Waals surface area contributed by atoms with Gasteiger partial charge in [0.15, 0.2) is 11.5 Å². The normalized spacial score (nSPS) is 10.9. The van der Waals surface area contributed by atoms with Gasteiger partial charge in [0.25, 0.3) is 0 Å². The lowest BCUT2D eigenvalue weighted by Gasteiger charge is -2.12. The highest BCUT2D eigenvalue weighted by Crippen LogP contribution is 2.35. The Balaban J connectivity index is 2.55. The zero-order valence-electron chi connectivity index (χ0n) is 12.6. The summed E-state index contributed by atoms with van der Waals surface area (Å²) in [6.07, 6.45) is 0. The number of aromatic nitrogens is 2. The molecule has 0 saturated heterocycles. The minimum Gasteiger partial charge on any atom is -0.493 e. The summed E-state index contributed by atoms with van der Waals surface area (Å²) in [6.45, 7) is 6.13. The van der Waals surface area contributed by atoms with Crippen LogP contribution in [0.1, 0.15) is 25.7 Å².